The summed E-state index contributed by atoms with van der Waals surface area (Å²) in [7, 11) is 0. The van der Waals surface area contributed by atoms with E-state index in [-0.39, 0.29) is 30.8 Å². The van der Waals surface area contributed by atoms with Gasteiger partial charge in [-0.25, -0.2) is 4.98 Å². The Morgan fingerprint density at radius 1 is 1.50 bits per heavy atom. The first-order valence-corrected chi connectivity index (χ1v) is 8.14. The zero-order valence-electron chi connectivity index (χ0n) is 13.1. The monoisotopic (exact) mass is 326 g/mol. The Hall–Kier alpha value is -1.47. The van der Waals surface area contributed by atoms with Crippen molar-refractivity contribution in [1.29, 1.82) is 0 Å². The lowest BCUT2D eigenvalue weighted by atomic mass is 9.94. The highest BCUT2D eigenvalue weighted by Crippen LogP contribution is 2.26. The second-order valence-electron chi connectivity index (χ2n) is 6.77. The lowest BCUT2D eigenvalue weighted by Crippen LogP contribution is -2.51. The molecule has 0 bridgehead atoms. The molecule has 1 fully saturated rings. The van der Waals surface area contributed by atoms with Crippen LogP contribution in [0.4, 0.5) is 0 Å². The number of thiazole rings is 1. The molecule has 1 aromatic rings. The molecule has 1 atom stereocenters. The molecule has 1 aliphatic heterocycles. The van der Waals surface area contributed by atoms with Gasteiger partial charge in [-0.3, -0.25) is 9.59 Å². The molecule has 22 heavy (non-hydrogen) atoms. The van der Waals surface area contributed by atoms with Crippen LogP contribution in [0.3, 0.4) is 0 Å². The van der Waals surface area contributed by atoms with E-state index in [4.69, 9.17) is 9.84 Å². The van der Waals surface area contributed by atoms with Gasteiger partial charge in [0.15, 0.2) is 0 Å². The molecule has 7 heteroatoms. The normalized spacial score (nSPS) is 21.8. The zero-order chi connectivity index (χ0) is 16.4. The predicted molar refractivity (Wildman–Crippen MR) is 83.1 cm³/mol. The van der Waals surface area contributed by atoms with Crippen LogP contribution in [-0.4, -0.2) is 40.7 Å². The van der Waals surface area contributed by atoms with E-state index in [0.29, 0.717) is 13.0 Å². The smallest absolute Gasteiger partial charge is 0.305 e. The summed E-state index contributed by atoms with van der Waals surface area (Å²) in [6.45, 7) is 6.95. The number of aliphatic carboxylic acids is 1. The van der Waals surface area contributed by atoms with E-state index in [0.717, 1.165) is 10.7 Å². The number of aromatic nitrogens is 1. The molecular formula is C15H22N2O4S. The molecule has 122 valence electrons. The molecule has 1 unspecified atom stereocenters. The van der Waals surface area contributed by atoms with E-state index in [1.165, 1.54) is 0 Å². The second-order valence-corrected chi connectivity index (χ2v) is 7.63. The molecule has 1 aliphatic rings. The maximum absolute atomic E-state index is 12.2. The standard InChI is InChI=1S/C15H22N2O4S/c1-14(2,3)13-16-10(8-22-13)6-11(18)17-15(7-12(19)20)4-5-21-9-15/h8H,4-7,9H2,1-3H3,(H,17,18)(H,19,20). The molecule has 0 saturated carbocycles. The largest absolute Gasteiger partial charge is 0.481 e. The van der Waals surface area contributed by atoms with E-state index >= 15 is 0 Å². The number of carbonyl (C=O) groups excluding carboxylic acids is 1. The first-order valence-electron chi connectivity index (χ1n) is 7.26. The van der Waals surface area contributed by atoms with Crippen LogP contribution >= 0.6 is 11.3 Å². The maximum Gasteiger partial charge on any atom is 0.305 e. The molecule has 1 amide bonds. The summed E-state index contributed by atoms with van der Waals surface area (Å²) >= 11 is 1.54. The SMILES string of the molecule is CC(C)(C)c1nc(CC(=O)NC2(CC(=O)O)CCOC2)cs1. The first-order chi connectivity index (χ1) is 10.2. The van der Waals surface area contributed by atoms with Gasteiger partial charge in [0.05, 0.1) is 35.7 Å². The third kappa shape index (κ3) is 4.27. The lowest BCUT2D eigenvalue weighted by Gasteiger charge is -2.26. The minimum absolute atomic E-state index is 0.0385. The van der Waals surface area contributed by atoms with Crippen LogP contribution in [0.5, 0.6) is 0 Å². The van der Waals surface area contributed by atoms with E-state index in [9.17, 15) is 9.59 Å². The topological polar surface area (TPSA) is 88.5 Å². The summed E-state index contributed by atoms with van der Waals surface area (Å²) in [5.74, 6) is -1.15. The average molecular weight is 326 g/mol. The highest BCUT2D eigenvalue weighted by atomic mass is 32.1. The third-order valence-corrected chi connectivity index (χ3v) is 4.85. The minimum atomic E-state index is -0.936. The summed E-state index contributed by atoms with van der Waals surface area (Å²) in [5.41, 5.74) is -0.105. The predicted octanol–water partition coefficient (Wildman–Crippen LogP) is 1.73. The van der Waals surface area contributed by atoms with E-state index in [1.807, 2.05) is 5.38 Å². The highest BCUT2D eigenvalue weighted by molar-refractivity contribution is 7.09. The molecule has 0 radical (unpaired) electrons. The molecule has 1 saturated heterocycles. The van der Waals surface area contributed by atoms with Gasteiger partial charge in [0.1, 0.15) is 0 Å². The Kier molecular flexibility index (Phi) is 4.87. The molecular weight excluding hydrogens is 304 g/mol. The van der Waals surface area contributed by atoms with Gasteiger partial charge in [-0.2, -0.15) is 0 Å². The minimum Gasteiger partial charge on any atom is -0.481 e. The number of nitrogens with zero attached hydrogens (tertiary/aromatic N) is 1. The molecule has 0 aliphatic carbocycles. The van der Waals surface area contributed by atoms with Gasteiger partial charge < -0.3 is 15.2 Å². The average Bonchev–Trinajstić information content (AvgIpc) is 2.97. The first kappa shape index (κ1) is 16.9. The number of carboxylic acid groups (broad SMARTS) is 1. The van der Waals surface area contributed by atoms with Gasteiger partial charge in [-0.15, -0.1) is 11.3 Å². The van der Waals surface area contributed by atoms with Crippen LogP contribution in [0.2, 0.25) is 0 Å². The number of hydrogen-bond acceptors (Lipinski definition) is 5. The molecule has 0 aromatic carbocycles. The molecule has 6 nitrogen and oxygen atoms in total. The Morgan fingerprint density at radius 3 is 2.73 bits per heavy atom. The Balaban J connectivity index is 1.99. The van der Waals surface area contributed by atoms with Crippen LogP contribution in [0.15, 0.2) is 5.38 Å². The summed E-state index contributed by atoms with van der Waals surface area (Å²) in [6, 6.07) is 0. The van der Waals surface area contributed by atoms with Crippen molar-refractivity contribution in [3.63, 3.8) is 0 Å². The molecule has 2 rings (SSSR count). The molecule has 0 spiro atoms. The summed E-state index contributed by atoms with van der Waals surface area (Å²) in [6.07, 6.45) is 0.562. The second kappa shape index (κ2) is 6.34. The summed E-state index contributed by atoms with van der Waals surface area (Å²) < 4.78 is 5.27. The fourth-order valence-electron chi connectivity index (χ4n) is 2.42. The molecule has 1 aromatic heterocycles. The van der Waals surface area contributed by atoms with Crippen molar-refractivity contribution in [2.24, 2.45) is 0 Å². The van der Waals surface area contributed by atoms with Gasteiger partial charge in [-0.1, -0.05) is 20.8 Å². The lowest BCUT2D eigenvalue weighted by molar-refractivity contribution is -0.139. The number of amides is 1. The van der Waals surface area contributed by atoms with Crippen molar-refractivity contribution in [2.75, 3.05) is 13.2 Å². The van der Waals surface area contributed by atoms with Gasteiger partial charge in [-0.05, 0) is 6.42 Å². The number of nitrogens with one attached hydrogen (secondary N) is 1. The quantitative estimate of drug-likeness (QED) is 0.860. The van der Waals surface area contributed by atoms with Crippen molar-refractivity contribution in [2.45, 2.75) is 51.0 Å². The number of ether oxygens (including phenoxy) is 1. The molecule has 2 N–H and O–H groups in total. The van der Waals surface area contributed by atoms with E-state index in [1.54, 1.807) is 11.3 Å². The number of carbonyl (C=O) groups is 2. The van der Waals surface area contributed by atoms with Crippen molar-refractivity contribution in [1.82, 2.24) is 10.3 Å². The zero-order valence-corrected chi connectivity index (χ0v) is 14.0. The van der Waals surface area contributed by atoms with Gasteiger partial charge in [0.2, 0.25) is 5.91 Å². The number of rotatable bonds is 5. The number of carboxylic acids is 1. The van der Waals surface area contributed by atoms with E-state index in [2.05, 4.69) is 31.1 Å². The Labute approximate surface area is 133 Å². The third-order valence-electron chi connectivity index (χ3n) is 3.53. The summed E-state index contributed by atoms with van der Waals surface area (Å²) in [5, 5.41) is 14.7. The molecule has 2 heterocycles. The van der Waals surface area contributed by atoms with Crippen molar-refractivity contribution < 1.29 is 19.4 Å². The van der Waals surface area contributed by atoms with Crippen LogP contribution < -0.4 is 5.32 Å². The van der Waals surface area contributed by atoms with Gasteiger partial charge in [0, 0.05) is 17.4 Å². The number of hydrogen-bond donors (Lipinski definition) is 2. The van der Waals surface area contributed by atoms with Gasteiger partial charge >= 0.3 is 5.97 Å². The maximum atomic E-state index is 12.2. The fourth-order valence-corrected chi connectivity index (χ4v) is 3.32. The van der Waals surface area contributed by atoms with Crippen molar-refractivity contribution in [3.05, 3.63) is 16.1 Å². The van der Waals surface area contributed by atoms with Crippen molar-refractivity contribution >= 4 is 23.2 Å². The van der Waals surface area contributed by atoms with Crippen LogP contribution in [0, 0.1) is 0 Å². The van der Waals surface area contributed by atoms with Crippen LogP contribution in [0.1, 0.15) is 44.3 Å². The summed E-state index contributed by atoms with van der Waals surface area (Å²) in [4.78, 5) is 27.7. The highest BCUT2D eigenvalue weighted by Gasteiger charge is 2.38. The Bertz CT molecular complexity index is 556. The van der Waals surface area contributed by atoms with E-state index < -0.39 is 11.5 Å². The van der Waals surface area contributed by atoms with Crippen LogP contribution in [0.25, 0.3) is 0 Å². The van der Waals surface area contributed by atoms with Crippen molar-refractivity contribution in [3.8, 4) is 0 Å². The Morgan fingerprint density at radius 2 is 2.23 bits per heavy atom. The fraction of sp³-hybridized carbons (Fsp3) is 0.667. The van der Waals surface area contributed by atoms with Crippen LogP contribution in [-0.2, 0) is 26.2 Å². The van der Waals surface area contributed by atoms with Gasteiger partial charge in [0.25, 0.3) is 0 Å².